The van der Waals surface area contributed by atoms with Crippen molar-refractivity contribution in [3.05, 3.63) is 63.9 Å². The van der Waals surface area contributed by atoms with E-state index in [-0.39, 0.29) is 10.7 Å². The molecule has 3 nitrogen and oxygen atoms in total. The van der Waals surface area contributed by atoms with Crippen LogP contribution in [0.1, 0.15) is 5.56 Å². The number of urea groups is 1. The third-order valence-electron chi connectivity index (χ3n) is 2.84. The number of hydrogen-bond acceptors (Lipinski definition) is 1. The zero-order chi connectivity index (χ0) is 15.2. The van der Waals surface area contributed by atoms with Crippen molar-refractivity contribution in [2.24, 2.45) is 0 Å². The molecule has 2 aromatic carbocycles. The van der Waals surface area contributed by atoms with E-state index in [9.17, 15) is 9.18 Å². The highest BCUT2D eigenvalue weighted by molar-refractivity contribution is 6.33. The van der Waals surface area contributed by atoms with E-state index in [0.29, 0.717) is 18.0 Å². The summed E-state index contributed by atoms with van der Waals surface area (Å²) in [4.78, 5) is 11.7. The van der Waals surface area contributed by atoms with Gasteiger partial charge in [-0.25, -0.2) is 9.18 Å². The summed E-state index contributed by atoms with van der Waals surface area (Å²) in [6.45, 7) is 0.377. The van der Waals surface area contributed by atoms with Gasteiger partial charge in [0.05, 0.1) is 10.7 Å². The van der Waals surface area contributed by atoms with Gasteiger partial charge in [-0.05, 0) is 30.2 Å². The van der Waals surface area contributed by atoms with E-state index in [1.165, 1.54) is 18.2 Å². The number of rotatable bonds is 4. The van der Waals surface area contributed by atoms with Crippen LogP contribution in [0.3, 0.4) is 0 Å². The summed E-state index contributed by atoms with van der Waals surface area (Å²) < 4.78 is 13.5. The van der Waals surface area contributed by atoms with Crippen LogP contribution in [0, 0.1) is 5.82 Å². The quantitative estimate of drug-likeness (QED) is 0.853. The maximum Gasteiger partial charge on any atom is 0.319 e. The average Bonchev–Trinajstić information content (AvgIpc) is 2.45. The standard InChI is InChI=1S/C15H13Cl2FN2O/c16-11-5-2-1-4-10(11)8-9-19-15(21)20-14-12(17)6-3-7-13(14)18/h1-7H,8-9H2,(H2,19,20,21). The van der Waals surface area contributed by atoms with Crippen molar-refractivity contribution in [2.75, 3.05) is 11.9 Å². The maximum absolute atomic E-state index is 13.5. The molecule has 0 aliphatic rings. The topological polar surface area (TPSA) is 41.1 Å². The van der Waals surface area contributed by atoms with Crippen LogP contribution in [0.4, 0.5) is 14.9 Å². The number of halogens is 3. The van der Waals surface area contributed by atoms with Crippen molar-refractivity contribution in [1.29, 1.82) is 0 Å². The number of carbonyl (C=O) groups is 1. The van der Waals surface area contributed by atoms with Gasteiger partial charge in [-0.1, -0.05) is 47.5 Å². The Morgan fingerprint density at radius 3 is 2.48 bits per heavy atom. The average molecular weight is 327 g/mol. The molecule has 0 aliphatic heterocycles. The molecule has 0 spiro atoms. The van der Waals surface area contributed by atoms with E-state index < -0.39 is 11.8 Å². The number of carbonyl (C=O) groups excluding carboxylic acids is 1. The normalized spacial score (nSPS) is 10.2. The first-order valence-corrected chi connectivity index (χ1v) is 7.06. The third kappa shape index (κ3) is 4.34. The lowest BCUT2D eigenvalue weighted by atomic mass is 10.1. The highest BCUT2D eigenvalue weighted by Crippen LogP contribution is 2.24. The molecule has 0 heterocycles. The Morgan fingerprint density at radius 1 is 1.05 bits per heavy atom. The molecule has 0 aliphatic carbocycles. The van der Waals surface area contributed by atoms with E-state index in [0.717, 1.165) is 5.56 Å². The van der Waals surface area contributed by atoms with E-state index in [4.69, 9.17) is 23.2 Å². The molecule has 0 aromatic heterocycles. The van der Waals surface area contributed by atoms with Crippen LogP contribution in [0.5, 0.6) is 0 Å². The molecule has 110 valence electrons. The van der Waals surface area contributed by atoms with Gasteiger partial charge < -0.3 is 10.6 Å². The van der Waals surface area contributed by atoms with Gasteiger partial charge in [-0.3, -0.25) is 0 Å². The van der Waals surface area contributed by atoms with Crippen LogP contribution in [0.25, 0.3) is 0 Å². The third-order valence-corrected chi connectivity index (χ3v) is 3.52. The largest absolute Gasteiger partial charge is 0.338 e. The van der Waals surface area contributed by atoms with Crippen molar-refractivity contribution in [2.45, 2.75) is 6.42 Å². The maximum atomic E-state index is 13.5. The first kappa shape index (κ1) is 15.6. The fourth-order valence-electron chi connectivity index (χ4n) is 1.79. The number of nitrogens with one attached hydrogen (secondary N) is 2. The fourth-order valence-corrected chi connectivity index (χ4v) is 2.23. The molecule has 0 atom stereocenters. The van der Waals surface area contributed by atoms with Crippen molar-refractivity contribution >= 4 is 34.9 Å². The molecular formula is C15H13Cl2FN2O. The molecule has 2 rings (SSSR count). The van der Waals surface area contributed by atoms with Crippen molar-refractivity contribution in [3.8, 4) is 0 Å². The predicted octanol–water partition coefficient (Wildman–Crippen LogP) is 4.50. The number of amides is 2. The Hall–Kier alpha value is -1.78. The van der Waals surface area contributed by atoms with Crippen molar-refractivity contribution in [1.82, 2.24) is 5.32 Å². The number of benzene rings is 2. The summed E-state index contributed by atoms with van der Waals surface area (Å²) in [7, 11) is 0. The second-order valence-electron chi connectivity index (χ2n) is 4.32. The minimum absolute atomic E-state index is 0.0330. The zero-order valence-corrected chi connectivity index (χ0v) is 12.5. The SMILES string of the molecule is O=C(NCCc1ccccc1Cl)Nc1c(F)cccc1Cl. The summed E-state index contributed by atoms with van der Waals surface area (Å²) in [6.07, 6.45) is 0.581. The van der Waals surface area contributed by atoms with Gasteiger partial charge in [0.25, 0.3) is 0 Å². The van der Waals surface area contributed by atoms with E-state index in [1.54, 1.807) is 6.07 Å². The number of hydrogen-bond donors (Lipinski definition) is 2. The van der Waals surface area contributed by atoms with Gasteiger partial charge in [-0.2, -0.15) is 0 Å². The van der Waals surface area contributed by atoms with Crippen LogP contribution in [0.2, 0.25) is 10.0 Å². The summed E-state index contributed by atoms with van der Waals surface area (Å²) in [6, 6.07) is 11.1. The minimum atomic E-state index is -0.580. The lowest BCUT2D eigenvalue weighted by molar-refractivity contribution is 0.252. The summed E-state index contributed by atoms with van der Waals surface area (Å²) in [5, 5.41) is 5.82. The monoisotopic (exact) mass is 326 g/mol. The Balaban J connectivity index is 1.87. The number of anilines is 1. The smallest absolute Gasteiger partial charge is 0.319 e. The Labute approximate surface area is 132 Å². The van der Waals surface area contributed by atoms with Gasteiger partial charge in [0, 0.05) is 11.6 Å². The summed E-state index contributed by atoms with van der Waals surface area (Å²) >= 11 is 11.8. The fraction of sp³-hybridized carbons (Fsp3) is 0.133. The first-order valence-electron chi connectivity index (χ1n) is 6.30. The zero-order valence-electron chi connectivity index (χ0n) is 11.0. The molecule has 2 N–H and O–H groups in total. The first-order chi connectivity index (χ1) is 10.1. The Bertz CT molecular complexity index is 629. The van der Waals surface area contributed by atoms with E-state index in [1.807, 2.05) is 18.2 Å². The van der Waals surface area contributed by atoms with Crippen LogP contribution in [-0.4, -0.2) is 12.6 Å². The predicted molar refractivity (Wildman–Crippen MR) is 83.6 cm³/mol. The van der Waals surface area contributed by atoms with Crippen molar-refractivity contribution in [3.63, 3.8) is 0 Å². The molecule has 0 radical (unpaired) electrons. The molecule has 0 bridgehead atoms. The van der Waals surface area contributed by atoms with Crippen LogP contribution >= 0.6 is 23.2 Å². The van der Waals surface area contributed by atoms with Gasteiger partial charge in [0.2, 0.25) is 0 Å². The highest BCUT2D eigenvalue weighted by atomic mass is 35.5. The Morgan fingerprint density at radius 2 is 1.76 bits per heavy atom. The highest BCUT2D eigenvalue weighted by Gasteiger charge is 2.10. The molecule has 0 unspecified atom stereocenters. The molecule has 6 heteroatoms. The molecule has 0 saturated heterocycles. The lowest BCUT2D eigenvalue weighted by Gasteiger charge is -2.10. The second kappa shape index (κ2) is 7.29. The molecule has 0 fully saturated rings. The van der Waals surface area contributed by atoms with Gasteiger partial charge in [0.1, 0.15) is 5.82 Å². The van der Waals surface area contributed by atoms with E-state index in [2.05, 4.69) is 10.6 Å². The van der Waals surface area contributed by atoms with Crippen LogP contribution < -0.4 is 10.6 Å². The van der Waals surface area contributed by atoms with Gasteiger partial charge >= 0.3 is 6.03 Å². The molecule has 2 amide bonds. The summed E-state index contributed by atoms with van der Waals surface area (Å²) in [5.41, 5.74) is 0.901. The van der Waals surface area contributed by atoms with Crippen LogP contribution in [0.15, 0.2) is 42.5 Å². The van der Waals surface area contributed by atoms with Crippen molar-refractivity contribution < 1.29 is 9.18 Å². The second-order valence-corrected chi connectivity index (χ2v) is 5.13. The molecule has 0 saturated carbocycles. The lowest BCUT2D eigenvalue weighted by Crippen LogP contribution is -2.30. The van der Waals surface area contributed by atoms with Gasteiger partial charge in [0.15, 0.2) is 0 Å². The minimum Gasteiger partial charge on any atom is -0.338 e. The Kier molecular flexibility index (Phi) is 5.42. The summed E-state index contributed by atoms with van der Waals surface area (Å²) in [5.74, 6) is -0.580. The van der Waals surface area contributed by atoms with Gasteiger partial charge in [-0.15, -0.1) is 0 Å². The van der Waals surface area contributed by atoms with E-state index >= 15 is 0 Å². The molecule has 21 heavy (non-hydrogen) atoms. The molecular weight excluding hydrogens is 314 g/mol. The molecule has 2 aromatic rings. The van der Waals surface area contributed by atoms with Crippen LogP contribution in [-0.2, 0) is 6.42 Å². The number of para-hydroxylation sites is 1.